The average Bonchev–Trinajstić information content (AvgIpc) is 3.16. The number of benzene rings is 1. The van der Waals surface area contributed by atoms with Gasteiger partial charge in [0.25, 0.3) is 0 Å². The highest BCUT2D eigenvalue weighted by atomic mass is 32.2. The third-order valence-corrected chi connectivity index (χ3v) is 6.51. The number of halogens is 1. The normalized spacial score (nSPS) is 20.5. The highest BCUT2D eigenvalue weighted by molar-refractivity contribution is 8.03. The predicted molar refractivity (Wildman–Crippen MR) is 97.4 cm³/mol. The topological polar surface area (TPSA) is 47.3 Å². The molecule has 0 saturated carbocycles. The van der Waals surface area contributed by atoms with E-state index in [9.17, 15) is 14.4 Å². The summed E-state index contributed by atoms with van der Waals surface area (Å²) in [6.45, 7) is 0.384. The van der Waals surface area contributed by atoms with Gasteiger partial charge in [0.05, 0.1) is 29.2 Å². The molecule has 2 aliphatic heterocycles. The van der Waals surface area contributed by atoms with Gasteiger partial charge in [-0.25, -0.2) is 4.39 Å². The number of nitrogens with zero attached hydrogens (tertiary/aromatic N) is 3. The standard InChI is InChI=1S/C18H14FN3OS2/c19-12-3-5-13(6-4-12)21-10-22-17(23)8-14(16-2-1-7-24-16)15(9-20)18(22)25-11-21/h1-7,14H,8,10-11H2. The quantitative estimate of drug-likeness (QED) is 0.797. The maximum Gasteiger partial charge on any atom is 0.229 e. The van der Waals surface area contributed by atoms with Crippen LogP contribution in [0.4, 0.5) is 10.1 Å². The Kier molecular flexibility index (Phi) is 4.24. The summed E-state index contributed by atoms with van der Waals surface area (Å²) >= 11 is 3.07. The van der Waals surface area contributed by atoms with Crippen LogP contribution in [0.25, 0.3) is 0 Å². The third kappa shape index (κ3) is 2.92. The second-order valence-electron chi connectivity index (χ2n) is 5.86. The van der Waals surface area contributed by atoms with Crippen molar-refractivity contribution in [1.29, 1.82) is 5.26 Å². The molecule has 1 amide bonds. The number of rotatable bonds is 2. The van der Waals surface area contributed by atoms with Gasteiger partial charge < -0.3 is 4.90 Å². The minimum absolute atomic E-state index is 0.0201. The molecule has 0 N–H and O–H groups in total. The lowest BCUT2D eigenvalue weighted by molar-refractivity contribution is -0.129. The molecule has 2 aromatic rings. The number of nitriles is 1. The molecule has 1 saturated heterocycles. The van der Waals surface area contributed by atoms with E-state index in [0.29, 0.717) is 24.5 Å². The van der Waals surface area contributed by atoms with E-state index >= 15 is 0 Å². The summed E-state index contributed by atoms with van der Waals surface area (Å²) in [5.74, 6) is 0.210. The van der Waals surface area contributed by atoms with Gasteiger partial charge in [-0.3, -0.25) is 9.69 Å². The smallest absolute Gasteiger partial charge is 0.229 e. The first kappa shape index (κ1) is 16.2. The highest BCUT2D eigenvalue weighted by Gasteiger charge is 2.38. The number of carbonyl (C=O) groups is 1. The summed E-state index contributed by atoms with van der Waals surface area (Å²) in [4.78, 5) is 17.5. The summed E-state index contributed by atoms with van der Waals surface area (Å²) in [7, 11) is 0. The van der Waals surface area contributed by atoms with Crippen molar-refractivity contribution in [2.24, 2.45) is 0 Å². The second kappa shape index (κ2) is 6.54. The Morgan fingerprint density at radius 2 is 2.04 bits per heavy atom. The van der Waals surface area contributed by atoms with E-state index in [4.69, 9.17) is 0 Å². The minimum atomic E-state index is -0.284. The summed E-state index contributed by atoms with van der Waals surface area (Å²) in [6, 6.07) is 12.5. The Morgan fingerprint density at radius 1 is 1.24 bits per heavy atom. The zero-order valence-electron chi connectivity index (χ0n) is 13.2. The van der Waals surface area contributed by atoms with Gasteiger partial charge in [0, 0.05) is 22.9 Å². The molecule has 3 heterocycles. The first-order valence-corrected chi connectivity index (χ1v) is 9.65. The zero-order valence-corrected chi connectivity index (χ0v) is 14.8. The third-order valence-electron chi connectivity index (χ3n) is 4.37. The number of thiophene rings is 1. The van der Waals surface area contributed by atoms with Crippen LogP contribution >= 0.6 is 23.1 Å². The predicted octanol–water partition coefficient (Wildman–Crippen LogP) is 4.11. The molecular weight excluding hydrogens is 357 g/mol. The molecule has 0 bridgehead atoms. The molecule has 7 heteroatoms. The molecule has 1 atom stereocenters. The fourth-order valence-corrected chi connectivity index (χ4v) is 5.11. The van der Waals surface area contributed by atoms with Gasteiger partial charge in [-0.05, 0) is 35.7 Å². The van der Waals surface area contributed by atoms with Gasteiger partial charge in [0.2, 0.25) is 5.91 Å². The molecule has 1 unspecified atom stereocenters. The van der Waals surface area contributed by atoms with Crippen LogP contribution in [0, 0.1) is 17.1 Å². The van der Waals surface area contributed by atoms with E-state index in [0.717, 1.165) is 15.6 Å². The van der Waals surface area contributed by atoms with Crippen LogP contribution < -0.4 is 4.90 Å². The number of hydrogen-bond donors (Lipinski definition) is 0. The Morgan fingerprint density at radius 3 is 2.72 bits per heavy atom. The number of carbonyl (C=O) groups excluding carboxylic acids is 1. The van der Waals surface area contributed by atoms with Crippen LogP contribution in [0.15, 0.2) is 52.4 Å². The Bertz CT molecular complexity index is 871. The average molecular weight is 371 g/mol. The van der Waals surface area contributed by atoms with Crippen molar-refractivity contribution in [2.45, 2.75) is 12.3 Å². The molecule has 25 heavy (non-hydrogen) atoms. The molecule has 0 spiro atoms. The van der Waals surface area contributed by atoms with E-state index in [1.807, 2.05) is 22.4 Å². The van der Waals surface area contributed by atoms with Gasteiger partial charge in [0.15, 0.2) is 0 Å². The summed E-state index contributed by atoms with van der Waals surface area (Å²) in [5, 5.41) is 12.4. The van der Waals surface area contributed by atoms with Crippen molar-refractivity contribution in [3.05, 3.63) is 63.1 Å². The molecule has 4 rings (SSSR count). The van der Waals surface area contributed by atoms with Crippen molar-refractivity contribution in [3.63, 3.8) is 0 Å². The summed E-state index contributed by atoms with van der Waals surface area (Å²) in [5.41, 5.74) is 1.53. The van der Waals surface area contributed by atoms with Crippen LogP contribution in [0.1, 0.15) is 17.2 Å². The van der Waals surface area contributed by atoms with Crippen molar-refractivity contribution >= 4 is 34.7 Å². The highest BCUT2D eigenvalue weighted by Crippen LogP contribution is 2.44. The van der Waals surface area contributed by atoms with Crippen molar-refractivity contribution in [2.75, 3.05) is 17.4 Å². The van der Waals surface area contributed by atoms with E-state index in [-0.39, 0.29) is 17.6 Å². The fourth-order valence-electron chi connectivity index (χ4n) is 3.11. The minimum Gasteiger partial charge on any atom is -0.344 e. The van der Waals surface area contributed by atoms with Gasteiger partial charge in [-0.2, -0.15) is 5.26 Å². The summed E-state index contributed by atoms with van der Waals surface area (Å²) in [6.07, 6.45) is 0.310. The van der Waals surface area contributed by atoms with E-state index in [1.165, 1.54) is 23.9 Å². The van der Waals surface area contributed by atoms with Crippen LogP contribution in [0.2, 0.25) is 0 Å². The van der Waals surface area contributed by atoms with E-state index in [2.05, 4.69) is 6.07 Å². The van der Waals surface area contributed by atoms with E-state index < -0.39 is 0 Å². The number of fused-ring (bicyclic) bond motifs is 1. The van der Waals surface area contributed by atoms with Crippen molar-refractivity contribution in [1.82, 2.24) is 4.90 Å². The Balaban J connectivity index is 1.65. The second-order valence-corrected chi connectivity index (χ2v) is 7.77. The molecule has 0 radical (unpaired) electrons. The van der Waals surface area contributed by atoms with Crippen LogP contribution in [0.5, 0.6) is 0 Å². The number of thioether (sulfide) groups is 1. The molecular formula is C18H14FN3OS2. The molecule has 1 aromatic carbocycles. The van der Waals surface area contributed by atoms with Gasteiger partial charge in [0.1, 0.15) is 5.82 Å². The van der Waals surface area contributed by atoms with Crippen molar-refractivity contribution < 1.29 is 9.18 Å². The van der Waals surface area contributed by atoms with Crippen LogP contribution in [-0.2, 0) is 4.79 Å². The van der Waals surface area contributed by atoms with Crippen LogP contribution in [0.3, 0.4) is 0 Å². The van der Waals surface area contributed by atoms with Crippen LogP contribution in [-0.4, -0.2) is 23.4 Å². The Hall–Kier alpha value is -2.30. The number of amides is 1. The molecule has 4 nitrogen and oxygen atoms in total. The molecule has 0 aliphatic carbocycles. The maximum atomic E-state index is 13.1. The Labute approximate surface area is 153 Å². The monoisotopic (exact) mass is 371 g/mol. The lowest BCUT2D eigenvalue weighted by atomic mass is 9.92. The largest absolute Gasteiger partial charge is 0.344 e. The first-order valence-electron chi connectivity index (χ1n) is 7.78. The SMILES string of the molecule is N#CC1=C2SCN(c3ccc(F)cc3)CN2C(=O)CC1c1cccs1. The molecule has 126 valence electrons. The lowest BCUT2D eigenvalue weighted by Crippen LogP contribution is -2.47. The molecule has 1 aromatic heterocycles. The van der Waals surface area contributed by atoms with E-state index in [1.54, 1.807) is 28.4 Å². The molecule has 1 fully saturated rings. The van der Waals surface area contributed by atoms with Gasteiger partial charge in [-0.1, -0.05) is 17.8 Å². The number of allylic oxidation sites excluding steroid dienone is 1. The first-order chi connectivity index (χ1) is 12.2. The summed E-state index contributed by atoms with van der Waals surface area (Å²) < 4.78 is 13.1. The lowest BCUT2D eigenvalue weighted by Gasteiger charge is -2.41. The van der Waals surface area contributed by atoms with Gasteiger partial charge in [-0.15, -0.1) is 11.3 Å². The maximum absolute atomic E-state index is 13.1. The fraction of sp³-hybridized carbons (Fsp3) is 0.222. The van der Waals surface area contributed by atoms with Crippen molar-refractivity contribution in [3.8, 4) is 6.07 Å². The van der Waals surface area contributed by atoms with Gasteiger partial charge >= 0.3 is 0 Å². The number of hydrogen-bond acceptors (Lipinski definition) is 5. The molecule has 2 aliphatic rings. The number of anilines is 1. The zero-order chi connectivity index (χ0) is 17.4.